The zero-order chi connectivity index (χ0) is 18.4. The van der Waals surface area contributed by atoms with Crippen LogP contribution in [0.2, 0.25) is 5.02 Å². The largest absolute Gasteiger partial charge is 0.463 e. The lowest BCUT2D eigenvalue weighted by Crippen LogP contribution is -2.14. The lowest BCUT2D eigenvalue weighted by atomic mass is 10.2. The Morgan fingerprint density at radius 3 is 2.52 bits per heavy atom. The molecule has 0 saturated heterocycles. The van der Waals surface area contributed by atoms with Crippen LogP contribution in [0.1, 0.15) is 12.5 Å². The molecule has 0 radical (unpaired) electrons. The first kappa shape index (κ1) is 19.0. The van der Waals surface area contributed by atoms with Gasteiger partial charge in [-0.1, -0.05) is 23.7 Å². The van der Waals surface area contributed by atoms with Crippen molar-refractivity contribution in [3.8, 4) is 0 Å². The summed E-state index contributed by atoms with van der Waals surface area (Å²) in [5.74, 6) is -1.40. The first-order valence-electron chi connectivity index (χ1n) is 7.24. The van der Waals surface area contributed by atoms with Crippen LogP contribution >= 0.6 is 11.6 Å². The van der Waals surface area contributed by atoms with Gasteiger partial charge in [0.1, 0.15) is 10.7 Å². The third kappa shape index (κ3) is 5.30. The highest BCUT2D eigenvalue weighted by Gasteiger charge is 2.19. The minimum absolute atomic E-state index is 0.106. The van der Waals surface area contributed by atoms with Crippen LogP contribution in [0.3, 0.4) is 0 Å². The Morgan fingerprint density at radius 2 is 1.92 bits per heavy atom. The second-order valence-electron chi connectivity index (χ2n) is 4.89. The molecule has 0 saturated carbocycles. The quantitative estimate of drug-likeness (QED) is 0.607. The summed E-state index contributed by atoms with van der Waals surface area (Å²) in [7, 11) is -4.08. The van der Waals surface area contributed by atoms with E-state index in [1.54, 1.807) is 19.1 Å². The fourth-order valence-electron chi connectivity index (χ4n) is 1.92. The standard InChI is InChI=1S/C17H15ClFNO4S/c1-2-24-17(21)10-5-12-3-7-14(8-4-12)20-25(22,23)16-9-6-13(18)11-15(16)19/h3-11,20H,2H2,1H3. The van der Waals surface area contributed by atoms with Crippen LogP contribution in [0.5, 0.6) is 0 Å². The summed E-state index contributed by atoms with van der Waals surface area (Å²) >= 11 is 5.62. The molecule has 0 aliphatic heterocycles. The number of ether oxygens (including phenoxy) is 1. The van der Waals surface area contributed by atoms with Crippen molar-refractivity contribution in [2.75, 3.05) is 11.3 Å². The molecule has 0 aliphatic rings. The molecule has 132 valence electrons. The Labute approximate surface area is 150 Å². The predicted molar refractivity (Wildman–Crippen MR) is 94.3 cm³/mol. The maximum absolute atomic E-state index is 13.8. The lowest BCUT2D eigenvalue weighted by molar-refractivity contribution is -0.137. The summed E-state index contributed by atoms with van der Waals surface area (Å²) in [5, 5.41) is 0.106. The monoisotopic (exact) mass is 383 g/mol. The lowest BCUT2D eigenvalue weighted by Gasteiger charge is -2.09. The number of hydrogen-bond acceptors (Lipinski definition) is 4. The molecule has 2 aromatic carbocycles. The molecule has 0 aromatic heterocycles. The number of rotatable bonds is 6. The number of benzene rings is 2. The Morgan fingerprint density at radius 1 is 1.24 bits per heavy atom. The van der Waals surface area contributed by atoms with Gasteiger partial charge in [0.15, 0.2) is 0 Å². The third-order valence-electron chi connectivity index (χ3n) is 3.04. The average Bonchev–Trinajstić information content (AvgIpc) is 2.54. The Bertz CT molecular complexity index is 895. The maximum atomic E-state index is 13.8. The van der Waals surface area contributed by atoms with E-state index in [2.05, 4.69) is 4.72 Å². The van der Waals surface area contributed by atoms with Crippen LogP contribution in [0.15, 0.2) is 53.4 Å². The summed E-state index contributed by atoms with van der Waals surface area (Å²) in [6.07, 6.45) is 2.81. The first-order chi connectivity index (χ1) is 11.8. The summed E-state index contributed by atoms with van der Waals surface area (Å²) < 4.78 is 45.3. The number of carbonyl (C=O) groups is 1. The van der Waals surface area contributed by atoms with Gasteiger partial charge in [-0.25, -0.2) is 17.6 Å². The van der Waals surface area contributed by atoms with Crippen LogP contribution in [0.4, 0.5) is 10.1 Å². The van der Waals surface area contributed by atoms with Gasteiger partial charge in [-0.3, -0.25) is 4.72 Å². The molecule has 8 heteroatoms. The predicted octanol–water partition coefficient (Wildman–Crippen LogP) is 3.86. The molecule has 1 N–H and O–H groups in total. The molecular weight excluding hydrogens is 369 g/mol. The van der Waals surface area contributed by atoms with Crippen LogP contribution in [-0.2, 0) is 19.6 Å². The van der Waals surface area contributed by atoms with E-state index >= 15 is 0 Å². The van der Waals surface area contributed by atoms with Gasteiger partial charge in [-0.2, -0.15) is 0 Å². The van der Waals surface area contributed by atoms with Crippen molar-refractivity contribution in [1.82, 2.24) is 0 Å². The SMILES string of the molecule is CCOC(=O)C=Cc1ccc(NS(=O)(=O)c2ccc(Cl)cc2F)cc1. The molecule has 2 aromatic rings. The molecule has 0 unspecified atom stereocenters. The van der Waals surface area contributed by atoms with Crippen molar-refractivity contribution in [3.05, 3.63) is 64.9 Å². The van der Waals surface area contributed by atoms with Crippen LogP contribution in [-0.4, -0.2) is 21.0 Å². The van der Waals surface area contributed by atoms with Crippen molar-refractivity contribution in [2.45, 2.75) is 11.8 Å². The van der Waals surface area contributed by atoms with Crippen LogP contribution in [0.25, 0.3) is 6.08 Å². The Kier molecular flexibility index (Phi) is 6.17. The normalized spacial score (nSPS) is 11.5. The van der Waals surface area contributed by atoms with Crippen LogP contribution in [0, 0.1) is 5.82 Å². The minimum atomic E-state index is -4.08. The minimum Gasteiger partial charge on any atom is -0.463 e. The second-order valence-corrected chi connectivity index (χ2v) is 6.97. The first-order valence-corrected chi connectivity index (χ1v) is 9.10. The van der Waals surface area contributed by atoms with E-state index in [9.17, 15) is 17.6 Å². The summed E-state index contributed by atoms with van der Waals surface area (Å²) in [6, 6.07) is 9.52. The van der Waals surface area contributed by atoms with Gasteiger partial charge < -0.3 is 4.74 Å². The van der Waals surface area contributed by atoms with E-state index in [0.717, 1.165) is 12.1 Å². The summed E-state index contributed by atoms with van der Waals surface area (Å²) in [6.45, 7) is 1.99. The van der Waals surface area contributed by atoms with Gasteiger partial charge in [0.2, 0.25) is 0 Å². The molecule has 0 heterocycles. The van der Waals surface area contributed by atoms with Crippen molar-refractivity contribution in [2.24, 2.45) is 0 Å². The van der Waals surface area contributed by atoms with Crippen molar-refractivity contribution in [1.29, 1.82) is 0 Å². The molecule has 0 amide bonds. The van der Waals surface area contributed by atoms with E-state index < -0.39 is 26.7 Å². The van der Waals surface area contributed by atoms with Crippen molar-refractivity contribution < 1.29 is 22.3 Å². The average molecular weight is 384 g/mol. The smallest absolute Gasteiger partial charge is 0.330 e. The van der Waals surface area contributed by atoms with E-state index in [0.29, 0.717) is 5.56 Å². The molecule has 2 rings (SSSR count). The van der Waals surface area contributed by atoms with Crippen molar-refractivity contribution in [3.63, 3.8) is 0 Å². The van der Waals surface area contributed by atoms with E-state index in [1.165, 1.54) is 30.4 Å². The van der Waals surface area contributed by atoms with Gasteiger partial charge >= 0.3 is 5.97 Å². The number of halogens is 2. The molecule has 0 bridgehead atoms. The number of sulfonamides is 1. The molecule has 0 spiro atoms. The summed E-state index contributed by atoms with van der Waals surface area (Å²) in [4.78, 5) is 10.7. The fourth-order valence-corrected chi connectivity index (χ4v) is 3.20. The highest BCUT2D eigenvalue weighted by molar-refractivity contribution is 7.92. The van der Waals surface area contributed by atoms with Gasteiger partial charge in [-0.05, 0) is 48.9 Å². The summed E-state index contributed by atoms with van der Waals surface area (Å²) in [5.41, 5.74) is 0.927. The van der Waals surface area contributed by atoms with Crippen molar-refractivity contribution >= 4 is 39.4 Å². The number of carbonyl (C=O) groups excluding carboxylic acids is 1. The zero-order valence-electron chi connectivity index (χ0n) is 13.2. The fraction of sp³-hybridized carbons (Fsp3) is 0.118. The number of esters is 1. The van der Waals surface area contributed by atoms with Gasteiger partial charge in [0.05, 0.1) is 6.61 Å². The Balaban J connectivity index is 2.13. The molecular formula is C17H15ClFNO4S. The highest BCUT2D eigenvalue weighted by atomic mass is 35.5. The molecule has 25 heavy (non-hydrogen) atoms. The Hall–Kier alpha value is -2.38. The molecule has 0 fully saturated rings. The second kappa shape index (κ2) is 8.13. The molecule has 0 atom stereocenters. The number of hydrogen-bond donors (Lipinski definition) is 1. The van der Waals surface area contributed by atoms with Gasteiger partial charge in [0, 0.05) is 16.8 Å². The zero-order valence-corrected chi connectivity index (χ0v) is 14.8. The number of anilines is 1. The van der Waals surface area contributed by atoms with E-state index in [-0.39, 0.29) is 17.3 Å². The molecule has 0 aliphatic carbocycles. The van der Waals surface area contributed by atoms with Gasteiger partial charge in [0.25, 0.3) is 10.0 Å². The highest BCUT2D eigenvalue weighted by Crippen LogP contribution is 2.22. The van der Waals surface area contributed by atoms with Gasteiger partial charge in [-0.15, -0.1) is 0 Å². The van der Waals surface area contributed by atoms with E-state index in [4.69, 9.17) is 16.3 Å². The third-order valence-corrected chi connectivity index (χ3v) is 4.69. The number of nitrogens with one attached hydrogen (secondary N) is 1. The topological polar surface area (TPSA) is 72.5 Å². The van der Waals surface area contributed by atoms with Crippen LogP contribution < -0.4 is 4.72 Å². The maximum Gasteiger partial charge on any atom is 0.330 e. The molecule has 5 nitrogen and oxygen atoms in total. The van der Waals surface area contributed by atoms with E-state index in [1.807, 2.05) is 0 Å².